The van der Waals surface area contributed by atoms with E-state index < -0.39 is 15.9 Å². The van der Waals surface area contributed by atoms with E-state index in [0.29, 0.717) is 17.4 Å². The summed E-state index contributed by atoms with van der Waals surface area (Å²) >= 11 is 0. The standard InChI is InChI=1S/C16H25NO3S/c1-12(2)9-17-10-15(18)11-21(19,20)16-7-6-13-4-3-5-14(13)8-16/h6-8,12,15,17-18H,3-5,9-11H2,1-2H3. The summed E-state index contributed by atoms with van der Waals surface area (Å²) in [7, 11) is -3.42. The van der Waals surface area contributed by atoms with Crippen molar-refractivity contribution in [2.75, 3.05) is 18.8 Å². The Labute approximate surface area is 127 Å². The quantitative estimate of drug-likeness (QED) is 0.802. The number of aliphatic hydroxyl groups excluding tert-OH is 1. The van der Waals surface area contributed by atoms with Crippen LogP contribution in [0.3, 0.4) is 0 Å². The van der Waals surface area contributed by atoms with Crippen LogP contribution in [-0.4, -0.2) is 38.5 Å². The third-order valence-electron chi connectivity index (χ3n) is 3.77. The predicted molar refractivity (Wildman–Crippen MR) is 84.2 cm³/mol. The molecule has 0 radical (unpaired) electrons. The van der Waals surface area contributed by atoms with Crippen molar-refractivity contribution in [1.29, 1.82) is 0 Å². The number of aliphatic hydroxyl groups is 1. The van der Waals surface area contributed by atoms with Gasteiger partial charge < -0.3 is 10.4 Å². The molecule has 1 aliphatic rings. The Morgan fingerprint density at radius 3 is 2.62 bits per heavy atom. The van der Waals surface area contributed by atoms with Gasteiger partial charge in [-0.15, -0.1) is 0 Å². The molecule has 1 aromatic rings. The second-order valence-electron chi connectivity index (χ2n) is 6.27. The van der Waals surface area contributed by atoms with Gasteiger partial charge in [0, 0.05) is 6.54 Å². The van der Waals surface area contributed by atoms with Crippen LogP contribution in [0.15, 0.2) is 23.1 Å². The predicted octanol–water partition coefficient (Wildman–Crippen LogP) is 1.56. The van der Waals surface area contributed by atoms with E-state index >= 15 is 0 Å². The van der Waals surface area contributed by atoms with Gasteiger partial charge in [0.05, 0.1) is 16.8 Å². The molecule has 0 fully saturated rings. The third kappa shape index (κ3) is 4.53. The van der Waals surface area contributed by atoms with Crippen molar-refractivity contribution < 1.29 is 13.5 Å². The molecule has 0 saturated heterocycles. The van der Waals surface area contributed by atoms with E-state index in [2.05, 4.69) is 19.2 Å². The van der Waals surface area contributed by atoms with Crippen molar-refractivity contribution in [1.82, 2.24) is 5.32 Å². The highest BCUT2D eigenvalue weighted by atomic mass is 32.2. The van der Waals surface area contributed by atoms with Crippen LogP contribution in [0.4, 0.5) is 0 Å². The van der Waals surface area contributed by atoms with E-state index in [1.54, 1.807) is 12.1 Å². The topological polar surface area (TPSA) is 66.4 Å². The highest BCUT2D eigenvalue weighted by molar-refractivity contribution is 7.91. The average Bonchev–Trinajstić information content (AvgIpc) is 2.84. The minimum Gasteiger partial charge on any atom is -0.391 e. The van der Waals surface area contributed by atoms with Crippen LogP contribution >= 0.6 is 0 Å². The van der Waals surface area contributed by atoms with Gasteiger partial charge in [-0.2, -0.15) is 0 Å². The van der Waals surface area contributed by atoms with Crippen molar-refractivity contribution in [3.63, 3.8) is 0 Å². The second-order valence-corrected chi connectivity index (χ2v) is 8.31. The molecule has 0 spiro atoms. The van der Waals surface area contributed by atoms with Gasteiger partial charge >= 0.3 is 0 Å². The van der Waals surface area contributed by atoms with Crippen LogP contribution in [0.25, 0.3) is 0 Å². The lowest BCUT2D eigenvalue weighted by atomic mass is 10.1. The molecule has 1 atom stereocenters. The lowest BCUT2D eigenvalue weighted by Gasteiger charge is -2.14. The Morgan fingerprint density at radius 2 is 1.90 bits per heavy atom. The third-order valence-corrected chi connectivity index (χ3v) is 5.57. The average molecular weight is 311 g/mol. The number of nitrogens with one attached hydrogen (secondary N) is 1. The van der Waals surface area contributed by atoms with Gasteiger partial charge in [-0.25, -0.2) is 8.42 Å². The highest BCUT2D eigenvalue weighted by Gasteiger charge is 2.22. The van der Waals surface area contributed by atoms with Crippen LogP contribution in [0.2, 0.25) is 0 Å². The lowest BCUT2D eigenvalue weighted by Crippen LogP contribution is -2.34. The van der Waals surface area contributed by atoms with Crippen LogP contribution in [0, 0.1) is 5.92 Å². The highest BCUT2D eigenvalue weighted by Crippen LogP contribution is 2.25. The van der Waals surface area contributed by atoms with Gasteiger partial charge in [0.25, 0.3) is 0 Å². The number of hydrogen-bond donors (Lipinski definition) is 2. The van der Waals surface area contributed by atoms with Gasteiger partial charge in [-0.1, -0.05) is 19.9 Å². The number of hydrogen-bond acceptors (Lipinski definition) is 4. The molecule has 1 aliphatic carbocycles. The fourth-order valence-electron chi connectivity index (χ4n) is 2.69. The van der Waals surface area contributed by atoms with Gasteiger partial charge in [0.15, 0.2) is 9.84 Å². The van der Waals surface area contributed by atoms with Gasteiger partial charge in [-0.05, 0) is 55.0 Å². The minimum atomic E-state index is -3.42. The molecule has 4 nitrogen and oxygen atoms in total. The zero-order valence-corrected chi connectivity index (χ0v) is 13.6. The molecular formula is C16H25NO3S. The molecule has 21 heavy (non-hydrogen) atoms. The summed E-state index contributed by atoms with van der Waals surface area (Å²) in [5.41, 5.74) is 2.40. The summed E-state index contributed by atoms with van der Waals surface area (Å²) < 4.78 is 24.7. The van der Waals surface area contributed by atoms with Gasteiger partial charge in [0.2, 0.25) is 0 Å². The summed E-state index contributed by atoms with van der Waals surface area (Å²) in [6, 6.07) is 5.37. The zero-order valence-electron chi connectivity index (χ0n) is 12.8. The maximum Gasteiger partial charge on any atom is 0.180 e. The lowest BCUT2D eigenvalue weighted by molar-refractivity contribution is 0.192. The molecule has 0 aliphatic heterocycles. The van der Waals surface area contributed by atoms with Crippen molar-refractivity contribution >= 4 is 9.84 Å². The van der Waals surface area contributed by atoms with Crippen LogP contribution < -0.4 is 5.32 Å². The summed E-state index contributed by atoms with van der Waals surface area (Å²) in [4.78, 5) is 0.339. The zero-order chi connectivity index (χ0) is 15.5. The maximum atomic E-state index is 12.4. The van der Waals surface area contributed by atoms with Gasteiger partial charge in [-0.3, -0.25) is 0 Å². The number of benzene rings is 1. The largest absolute Gasteiger partial charge is 0.391 e. The SMILES string of the molecule is CC(C)CNCC(O)CS(=O)(=O)c1ccc2c(c1)CCC2. The number of rotatable bonds is 7. The van der Waals surface area contributed by atoms with Crippen LogP contribution in [-0.2, 0) is 22.7 Å². The first-order valence-corrected chi connectivity index (χ1v) is 9.27. The summed E-state index contributed by atoms with van der Waals surface area (Å²) in [5.74, 6) is 0.252. The Morgan fingerprint density at radius 1 is 1.19 bits per heavy atom. The number of sulfone groups is 1. The summed E-state index contributed by atoms with van der Waals surface area (Å²) in [6.45, 7) is 5.22. The van der Waals surface area contributed by atoms with Crippen molar-refractivity contribution in [3.05, 3.63) is 29.3 Å². The molecule has 2 rings (SSSR count). The molecule has 0 heterocycles. The molecule has 0 bridgehead atoms. The van der Waals surface area contributed by atoms with Crippen LogP contribution in [0.5, 0.6) is 0 Å². The van der Waals surface area contributed by atoms with E-state index in [-0.39, 0.29) is 5.75 Å². The minimum absolute atomic E-state index is 0.225. The summed E-state index contributed by atoms with van der Waals surface area (Å²) in [5, 5.41) is 13.0. The number of fused-ring (bicyclic) bond motifs is 1. The molecular weight excluding hydrogens is 286 g/mol. The first-order valence-electron chi connectivity index (χ1n) is 7.62. The fourth-order valence-corrected chi connectivity index (χ4v) is 4.10. The maximum absolute atomic E-state index is 12.4. The van der Waals surface area contributed by atoms with E-state index in [9.17, 15) is 13.5 Å². The van der Waals surface area contributed by atoms with E-state index in [1.807, 2.05) is 6.07 Å². The molecule has 0 amide bonds. The smallest absolute Gasteiger partial charge is 0.180 e. The monoisotopic (exact) mass is 311 g/mol. The fraction of sp³-hybridized carbons (Fsp3) is 0.625. The van der Waals surface area contributed by atoms with E-state index in [1.165, 1.54) is 5.56 Å². The molecule has 0 saturated carbocycles. The normalized spacial score (nSPS) is 16.2. The first kappa shape index (κ1) is 16.5. The Bertz CT molecular complexity index is 581. The molecule has 5 heteroatoms. The molecule has 2 N–H and O–H groups in total. The molecule has 1 unspecified atom stereocenters. The second kappa shape index (κ2) is 6.90. The summed E-state index contributed by atoms with van der Waals surface area (Å²) in [6.07, 6.45) is 2.22. The first-order chi connectivity index (χ1) is 9.88. The van der Waals surface area contributed by atoms with Crippen molar-refractivity contribution in [2.24, 2.45) is 5.92 Å². The van der Waals surface area contributed by atoms with Crippen molar-refractivity contribution in [3.8, 4) is 0 Å². The molecule has 1 aromatic carbocycles. The molecule has 118 valence electrons. The Kier molecular flexibility index (Phi) is 5.41. The Balaban J connectivity index is 1.98. The number of aryl methyl sites for hydroxylation is 2. The van der Waals surface area contributed by atoms with Crippen LogP contribution in [0.1, 0.15) is 31.4 Å². The Hall–Kier alpha value is -0.910. The van der Waals surface area contributed by atoms with Crippen molar-refractivity contribution in [2.45, 2.75) is 44.1 Å². The van der Waals surface area contributed by atoms with Gasteiger partial charge in [0.1, 0.15) is 0 Å². The van der Waals surface area contributed by atoms with E-state index in [4.69, 9.17) is 0 Å². The van der Waals surface area contributed by atoms with E-state index in [0.717, 1.165) is 31.4 Å². The molecule has 0 aromatic heterocycles.